The summed E-state index contributed by atoms with van der Waals surface area (Å²) < 4.78 is 2.28. The van der Waals surface area contributed by atoms with E-state index >= 15 is 0 Å². The summed E-state index contributed by atoms with van der Waals surface area (Å²) >= 11 is 4.67. The molecule has 27 heavy (non-hydrogen) atoms. The Morgan fingerprint density at radius 2 is 2.00 bits per heavy atom. The summed E-state index contributed by atoms with van der Waals surface area (Å²) in [5, 5.41) is 15.7. The van der Waals surface area contributed by atoms with E-state index in [1.54, 1.807) is 23.5 Å². The molecule has 0 aliphatic heterocycles. The van der Waals surface area contributed by atoms with E-state index in [0.717, 1.165) is 16.2 Å². The predicted molar refractivity (Wildman–Crippen MR) is 107 cm³/mol. The minimum absolute atomic E-state index is 0.155. The van der Waals surface area contributed by atoms with E-state index in [1.807, 2.05) is 34.3 Å². The monoisotopic (exact) mass is 442 g/mol. The molecular weight excluding hydrogens is 432 g/mol. The number of rotatable bonds is 4. The number of imidazole rings is 1. The summed E-state index contributed by atoms with van der Waals surface area (Å²) in [6.45, 7) is 0. The maximum Gasteiger partial charge on any atom is 0.284 e. The molecular formula is C18H11BrN4O3S. The van der Waals surface area contributed by atoms with Crippen LogP contribution in [-0.4, -0.2) is 20.2 Å². The number of nitrogens with zero attached hydrogens (tertiary/aromatic N) is 3. The summed E-state index contributed by atoms with van der Waals surface area (Å²) in [5.41, 5.74) is 2.43. The summed E-state index contributed by atoms with van der Waals surface area (Å²) in [5.74, 6) is -0.416. The normalized spacial score (nSPS) is 10.9. The van der Waals surface area contributed by atoms with Crippen LogP contribution in [0.3, 0.4) is 0 Å². The molecule has 134 valence electrons. The van der Waals surface area contributed by atoms with Crippen LogP contribution in [0.25, 0.3) is 16.2 Å². The Kier molecular flexibility index (Phi) is 4.46. The van der Waals surface area contributed by atoms with E-state index in [2.05, 4.69) is 26.2 Å². The van der Waals surface area contributed by atoms with E-state index in [0.29, 0.717) is 10.2 Å². The molecule has 2 aromatic carbocycles. The van der Waals surface area contributed by atoms with Crippen LogP contribution in [0.15, 0.2) is 64.7 Å². The van der Waals surface area contributed by atoms with Gasteiger partial charge < -0.3 is 5.32 Å². The lowest BCUT2D eigenvalue weighted by atomic mass is 10.1. The molecule has 0 radical (unpaired) electrons. The Bertz CT molecular complexity index is 1140. The largest absolute Gasteiger partial charge is 0.322 e. The zero-order chi connectivity index (χ0) is 19.0. The number of hydrogen-bond acceptors (Lipinski definition) is 5. The number of carbonyl (C=O) groups excluding carboxylic acids is 1. The summed E-state index contributed by atoms with van der Waals surface area (Å²) in [6.07, 6.45) is 3.89. The maximum atomic E-state index is 12.4. The summed E-state index contributed by atoms with van der Waals surface area (Å²) in [7, 11) is 0. The van der Waals surface area contributed by atoms with Gasteiger partial charge in [0, 0.05) is 40.7 Å². The number of hydrogen-bond donors (Lipinski definition) is 1. The van der Waals surface area contributed by atoms with Crippen molar-refractivity contribution in [2.45, 2.75) is 0 Å². The van der Waals surface area contributed by atoms with Crippen molar-refractivity contribution in [2.24, 2.45) is 0 Å². The number of carbonyl (C=O) groups is 1. The van der Waals surface area contributed by atoms with Crippen LogP contribution in [0.5, 0.6) is 0 Å². The fraction of sp³-hybridized carbons (Fsp3) is 0. The van der Waals surface area contributed by atoms with Crippen molar-refractivity contribution in [2.75, 3.05) is 5.32 Å². The molecule has 4 aromatic rings. The van der Waals surface area contributed by atoms with Crippen molar-refractivity contribution in [3.8, 4) is 11.3 Å². The van der Waals surface area contributed by atoms with Crippen molar-refractivity contribution in [1.29, 1.82) is 0 Å². The molecule has 0 atom stereocenters. The fourth-order valence-corrected chi connectivity index (χ4v) is 3.68. The van der Waals surface area contributed by atoms with Gasteiger partial charge in [0.2, 0.25) is 0 Å². The van der Waals surface area contributed by atoms with Gasteiger partial charge in [-0.25, -0.2) is 4.98 Å². The molecule has 2 heterocycles. The quantitative estimate of drug-likeness (QED) is 0.356. The number of anilines is 1. The van der Waals surface area contributed by atoms with Crippen LogP contribution < -0.4 is 5.32 Å². The molecule has 0 saturated carbocycles. The molecule has 7 nitrogen and oxygen atoms in total. The molecule has 1 amide bonds. The lowest BCUT2D eigenvalue weighted by Crippen LogP contribution is -2.12. The summed E-state index contributed by atoms with van der Waals surface area (Å²) in [6, 6.07) is 11.5. The standard InChI is InChI=1S/C18H11BrN4O3S/c19-14-6-3-12(9-16(14)23(25)26)17(24)20-13-4-1-11(2-5-13)15-10-22-7-8-27-18(22)21-15/h1-10H,(H,20,24). The highest BCUT2D eigenvalue weighted by Gasteiger charge is 2.16. The average Bonchev–Trinajstić information content (AvgIpc) is 3.24. The first-order valence-electron chi connectivity index (χ1n) is 7.79. The Morgan fingerprint density at radius 1 is 1.22 bits per heavy atom. The number of halogens is 1. The molecule has 0 saturated heterocycles. The number of aromatic nitrogens is 2. The maximum absolute atomic E-state index is 12.4. The number of nitro groups is 1. The lowest BCUT2D eigenvalue weighted by molar-refractivity contribution is -0.385. The average molecular weight is 443 g/mol. The van der Waals surface area contributed by atoms with Gasteiger partial charge in [-0.15, -0.1) is 11.3 Å². The zero-order valence-electron chi connectivity index (χ0n) is 13.6. The molecule has 4 rings (SSSR count). The second kappa shape index (κ2) is 6.93. The second-order valence-electron chi connectivity index (χ2n) is 5.67. The molecule has 9 heteroatoms. The van der Waals surface area contributed by atoms with Gasteiger partial charge in [0.15, 0.2) is 4.96 Å². The minimum Gasteiger partial charge on any atom is -0.322 e. The van der Waals surface area contributed by atoms with Gasteiger partial charge in [-0.2, -0.15) is 0 Å². The number of nitro benzene ring substituents is 1. The third kappa shape index (κ3) is 3.46. The first kappa shape index (κ1) is 17.4. The van der Waals surface area contributed by atoms with Gasteiger partial charge >= 0.3 is 0 Å². The SMILES string of the molecule is O=C(Nc1ccc(-c2cn3ccsc3n2)cc1)c1ccc(Br)c([N+](=O)[O-])c1. The molecule has 0 aliphatic rings. The minimum atomic E-state index is -0.536. The molecule has 0 bridgehead atoms. The van der Waals surface area contributed by atoms with Crippen molar-refractivity contribution in [3.05, 3.63) is 80.4 Å². The fourth-order valence-electron chi connectivity index (χ4n) is 2.59. The third-order valence-electron chi connectivity index (χ3n) is 3.94. The molecule has 0 fully saturated rings. The Balaban J connectivity index is 1.53. The second-order valence-corrected chi connectivity index (χ2v) is 7.40. The van der Waals surface area contributed by atoms with Crippen LogP contribution in [0.2, 0.25) is 0 Å². The highest BCUT2D eigenvalue weighted by molar-refractivity contribution is 9.10. The van der Waals surface area contributed by atoms with Gasteiger partial charge in [0.1, 0.15) is 0 Å². The van der Waals surface area contributed by atoms with E-state index < -0.39 is 10.8 Å². The number of amides is 1. The number of fused-ring (bicyclic) bond motifs is 1. The van der Waals surface area contributed by atoms with Crippen molar-refractivity contribution in [3.63, 3.8) is 0 Å². The van der Waals surface area contributed by atoms with Crippen molar-refractivity contribution in [1.82, 2.24) is 9.38 Å². The van der Waals surface area contributed by atoms with E-state index in [-0.39, 0.29) is 11.3 Å². The number of benzene rings is 2. The van der Waals surface area contributed by atoms with E-state index in [1.165, 1.54) is 18.2 Å². The lowest BCUT2D eigenvalue weighted by Gasteiger charge is -2.06. The molecule has 0 unspecified atom stereocenters. The molecule has 2 aromatic heterocycles. The Hall–Kier alpha value is -3.04. The van der Waals surface area contributed by atoms with Crippen LogP contribution >= 0.6 is 27.3 Å². The zero-order valence-corrected chi connectivity index (χ0v) is 16.0. The first-order chi connectivity index (χ1) is 13.0. The van der Waals surface area contributed by atoms with E-state index in [4.69, 9.17) is 0 Å². The van der Waals surface area contributed by atoms with Gasteiger partial charge in [0.05, 0.1) is 15.1 Å². The predicted octanol–water partition coefficient (Wildman–Crippen LogP) is 4.99. The Labute approximate surface area is 165 Å². The van der Waals surface area contributed by atoms with Crippen LogP contribution in [0, 0.1) is 10.1 Å². The van der Waals surface area contributed by atoms with Crippen molar-refractivity contribution < 1.29 is 9.72 Å². The summed E-state index contributed by atoms with van der Waals surface area (Å²) in [4.78, 5) is 28.3. The van der Waals surface area contributed by atoms with Crippen LogP contribution in [-0.2, 0) is 0 Å². The Morgan fingerprint density at radius 3 is 2.70 bits per heavy atom. The van der Waals surface area contributed by atoms with E-state index in [9.17, 15) is 14.9 Å². The topological polar surface area (TPSA) is 89.5 Å². The highest BCUT2D eigenvalue weighted by atomic mass is 79.9. The first-order valence-corrected chi connectivity index (χ1v) is 9.46. The van der Waals surface area contributed by atoms with Gasteiger partial charge in [-0.05, 0) is 40.2 Å². The highest BCUT2D eigenvalue weighted by Crippen LogP contribution is 2.27. The van der Waals surface area contributed by atoms with Gasteiger partial charge in [0.25, 0.3) is 11.6 Å². The van der Waals surface area contributed by atoms with Gasteiger partial charge in [-0.3, -0.25) is 19.3 Å². The molecule has 1 N–H and O–H groups in total. The van der Waals surface area contributed by atoms with Crippen molar-refractivity contribution >= 4 is 49.5 Å². The number of thiazole rings is 1. The van der Waals surface area contributed by atoms with Gasteiger partial charge in [-0.1, -0.05) is 12.1 Å². The third-order valence-corrected chi connectivity index (χ3v) is 5.38. The molecule has 0 spiro atoms. The number of nitrogens with one attached hydrogen (secondary N) is 1. The molecule has 0 aliphatic carbocycles. The van der Waals surface area contributed by atoms with Crippen LogP contribution in [0.1, 0.15) is 10.4 Å². The smallest absolute Gasteiger partial charge is 0.284 e. The van der Waals surface area contributed by atoms with Crippen LogP contribution in [0.4, 0.5) is 11.4 Å².